The van der Waals surface area contributed by atoms with Crippen molar-refractivity contribution in [1.82, 2.24) is 5.32 Å². The van der Waals surface area contributed by atoms with Crippen LogP contribution in [0.2, 0.25) is 0 Å². The molecule has 38 heavy (non-hydrogen) atoms. The highest BCUT2D eigenvalue weighted by Crippen LogP contribution is 2.64. The van der Waals surface area contributed by atoms with E-state index in [1.807, 2.05) is 14.0 Å². The molecule has 0 aromatic rings. The van der Waals surface area contributed by atoms with Gasteiger partial charge in [0.1, 0.15) is 6.10 Å². The van der Waals surface area contributed by atoms with Crippen molar-refractivity contribution < 1.29 is 28.9 Å². The topological polar surface area (TPSA) is 94.1 Å². The summed E-state index contributed by atoms with van der Waals surface area (Å²) in [4.78, 5) is 25.1. The van der Waals surface area contributed by atoms with Gasteiger partial charge in [0.25, 0.3) is 0 Å². The van der Waals surface area contributed by atoms with Gasteiger partial charge in [0, 0.05) is 24.3 Å². The van der Waals surface area contributed by atoms with Gasteiger partial charge in [0.2, 0.25) is 0 Å². The minimum atomic E-state index is -0.596. The molecule has 1 aliphatic heterocycles. The number of fused-ring (bicyclic) bond motifs is 3. The average Bonchev–Trinajstić information content (AvgIpc) is 2.88. The van der Waals surface area contributed by atoms with Crippen LogP contribution in [-0.2, 0) is 23.8 Å². The van der Waals surface area contributed by atoms with Crippen LogP contribution < -0.4 is 5.32 Å². The number of ether oxygens (including phenoxy) is 3. The first-order valence-corrected chi connectivity index (χ1v) is 15.3. The Morgan fingerprint density at radius 2 is 2.00 bits per heavy atom. The second-order valence-electron chi connectivity index (χ2n) is 13.2. The largest absolute Gasteiger partial charge is 0.481 e. The van der Waals surface area contributed by atoms with Crippen LogP contribution in [0, 0.1) is 52.8 Å². The normalized spacial score (nSPS) is 41.9. The fourth-order valence-electron chi connectivity index (χ4n) is 9.53. The fourth-order valence-corrected chi connectivity index (χ4v) is 9.53. The highest BCUT2D eigenvalue weighted by Gasteiger charge is 2.63. The molecule has 7 nitrogen and oxygen atoms in total. The summed E-state index contributed by atoms with van der Waals surface area (Å²) in [5.74, 6) is 1.53. The van der Waals surface area contributed by atoms with Gasteiger partial charge in [-0.3, -0.25) is 9.59 Å². The van der Waals surface area contributed by atoms with E-state index in [0.29, 0.717) is 49.9 Å². The third kappa shape index (κ3) is 4.96. The van der Waals surface area contributed by atoms with E-state index in [-0.39, 0.29) is 47.3 Å². The summed E-state index contributed by atoms with van der Waals surface area (Å²) < 4.78 is 18.9. The number of carboxylic acids is 1. The number of hydrogen-bond acceptors (Lipinski definition) is 6. The van der Waals surface area contributed by atoms with Crippen LogP contribution in [0.4, 0.5) is 0 Å². The smallest absolute Gasteiger partial charge is 0.307 e. The maximum atomic E-state index is 12.6. The molecule has 4 aliphatic carbocycles. The van der Waals surface area contributed by atoms with Crippen molar-refractivity contribution in [1.29, 1.82) is 0 Å². The number of rotatable bonds is 9. The van der Waals surface area contributed by atoms with Crippen molar-refractivity contribution in [2.75, 3.05) is 33.4 Å². The van der Waals surface area contributed by atoms with Crippen LogP contribution in [-0.4, -0.2) is 62.7 Å². The molecule has 0 aromatic carbocycles. The number of allylic oxidation sites excluding steroid dienone is 1. The molecule has 214 valence electrons. The van der Waals surface area contributed by atoms with Crippen molar-refractivity contribution >= 4 is 11.9 Å². The summed E-state index contributed by atoms with van der Waals surface area (Å²) in [6.45, 7) is 8.94. The van der Waals surface area contributed by atoms with Crippen LogP contribution in [0.25, 0.3) is 0 Å². The van der Waals surface area contributed by atoms with Crippen LogP contribution in [0.15, 0.2) is 11.6 Å². The Morgan fingerprint density at radius 1 is 1.18 bits per heavy atom. The Morgan fingerprint density at radius 3 is 2.71 bits per heavy atom. The molecule has 2 bridgehead atoms. The minimum absolute atomic E-state index is 0.133. The molecule has 4 fully saturated rings. The molecule has 0 radical (unpaired) electrons. The van der Waals surface area contributed by atoms with E-state index in [1.54, 1.807) is 0 Å². The maximum absolute atomic E-state index is 12.6. The summed E-state index contributed by atoms with van der Waals surface area (Å²) in [5, 5.41) is 13.5. The van der Waals surface area contributed by atoms with Crippen molar-refractivity contribution in [3.63, 3.8) is 0 Å². The molecule has 3 saturated carbocycles. The highest BCUT2D eigenvalue weighted by molar-refractivity contribution is 5.71. The standard InChI is InChI=1S/C31H49NO6/c1-5-27(33)38-26-15-31-17-36-16-23(29(26)37-13-12-32-4)25(31)10-8-21-20-7-6-19(14-18(2)3)28(30(34)35)22(20)9-11-24(21)31/h11,18-23,25-26,28-29,32H,5-10,12-17H2,1-4H3,(H,34,35)/t19?,20?,21?,22?,23?,25?,26-,28?,29-,31-/m1/s1. The summed E-state index contributed by atoms with van der Waals surface area (Å²) in [5.41, 5.74) is 1.36. The third-order valence-corrected chi connectivity index (χ3v) is 10.8. The van der Waals surface area contributed by atoms with E-state index in [2.05, 4.69) is 25.2 Å². The van der Waals surface area contributed by atoms with E-state index in [9.17, 15) is 14.7 Å². The quantitative estimate of drug-likeness (QED) is 0.253. The van der Waals surface area contributed by atoms with E-state index >= 15 is 0 Å². The second-order valence-corrected chi connectivity index (χ2v) is 13.2. The second kappa shape index (κ2) is 11.6. The number of carbonyl (C=O) groups excluding carboxylic acids is 1. The Hall–Kier alpha value is -1.44. The van der Waals surface area contributed by atoms with E-state index < -0.39 is 5.97 Å². The first-order chi connectivity index (χ1) is 18.3. The molecule has 10 atom stereocenters. The molecule has 1 saturated heterocycles. The zero-order valence-electron chi connectivity index (χ0n) is 23.8. The zero-order chi connectivity index (χ0) is 27.0. The first kappa shape index (κ1) is 28.1. The molecule has 1 heterocycles. The number of aliphatic carboxylic acids is 1. The Labute approximate surface area is 228 Å². The van der Waals surface area contributed by atoms with E-state index in [0.717, 1.165) is 51.5 Å². The van der Waals surface area contributed by atoms with Gasteiger partial charge in [-0.25, -0.2) is 0 Å². The Kier molecular flexibility index (Phi) is 8.56. The molecule has 5 aliphatic rings. The van der Waals surface area contributed by atoms with Gasteiger partial charge in [-0.1, -0.05) is 32.4 Å². The lowest BCUT2D eigenvalue weighted by atomic mass is 9.45. The summed E-state index contributed by atoms with van der Waals surface area (Å²) in [6, 6.07) is 0. The third-order valence-electron chi connectivity index (χ3n) is 10.8. The molecule has 0 spiro atoms. The predicted molar refractivity (Wildman–Crippen MR) is 144 cm³/mol. The van der Waals surface area contributed by atoms with Gasteiger partial charge in [-0.15, -0.1) is 0 Å². The van der Waals surface area contributed by atoms with Crippen LogP contribution in [0.1, 0.15) is 72.1 Å². The van der Waals surface area contributed by atoms with Crippen LogP contribution >= 0.6 is 0 Å². The zero-order valence-corrected chi connectivity index (χ0v) is 23.8. The lowest BCUT2D eigenvalue weighted by Crippen LogP contribution is -2.64. The molecule has 7 heteroatoms. The fraction of sp³-hybridized carbons (Fsp3) is 0.871. The van der Waals surface area contributed by atoms with Gasteiger partial charge in [0.05, 0.1) is 31.8 Å². The molecule has 5 rings (SSSR count). The average molecular weight is 532 g/mol. The van der Waals surface area contributed by atoms with Crippen molar-refractivity contribution in [2.45, 2.75) is 84.3 Å². The monoisotopic (exact) mass is 531 g/mol. The van der Waals surface area contributed by atoms with Crippen LogP contribution in [0.5, 0.6) is 0 Å². The van der Waals surface area contributed by atoms with Gasteiger partial charge >= 0.3 is 11.9 Å². The van der Waals surface area contributed by atoms with Crippen molar-refractivity contribution in [2.24, 2.45) is 52.8 Å². The minimum Gasteiger partial charge on any atom is -0.481 e. The lowest BCUT2D eigenvalue weighted by Gasteiger charge is -2.63. The Bertz CT molecular complexity index is 903. The van der Waals surface area contributed by atoms with E-state index in [4.69, 9.17) is 14.2 Å². The molecule has 7 unspecified atom stereocenters. The SMILES string of the molecule is CCC(=O)O[C@@H]1C[C@]23COCC(C2CCC2C3=CCC3C2CCC(CC(C)C)C3C(=O)O)[C@H]1OCCNC. The van der Waals surface area contributed by atoms with Gasteiger partial charge in [-0.05, 0) is 87.5 Å². The Balaban J connectivity index is 1.45. The van der Waals surface area contributed by atoms with Gasteiger partial charge < -0.3 is 24.6 Å². The van der Waals surface area contributed by atoms with E-state index in [1.165, 1.54) is 5.57 Å². The van der Waals surface area contributed by atoms with Crippen molar-refractivity contribution in [3.05, 3.63) is 11.6 Å². The summed E-state index contributed by atoms with van der Waals surface area (Å²) in [6.07, 6.45) is 9.37. The van der Waals surface area contributed by atoms with Crippen molar-refractivity contribution in [3.8, 4) is 0 Å². The lowest BCUT2D eigenvalue weighted by molar-refractivity contribution is -0.225. The number of carbonyl (C=O) groups is 2. The number of nitrogens with one attached hydrogen (secondary N) is 1. The molecular formula is C31H49NO6. The summed E-state index contributed by atoms with van der Waals surface area (Å²) >= 11 is 0. The summed E-state index contributed by atoms with van der Waals surface area (Å²) in [7, 11) is 1.92. The van der Waals surface area contributed by atoms with Crippen LogP contribution in [0.3, 0.4) is 0 Å². The number of likely N-dealkylation sites (N-methyl/N-ethyl adjacent to an activating group) is 1. The maximum Gasteiger partial charge on any atom is 0.307 e. The predicted octanol–water partition coefficient (Wildman–Crippen LogP) is 4.69. The number of hydrogen-bond donors (Lipinski definition) is 2. The molecule has 2 N–H and O–H groups in total. The first-order valence-electron chi connectivity index (χ1n) is 15.3. The number of esters is 1. The number of carboxylic acid groups (broad SMARTS) is 1. The molecule has 0 amide bonds. The molecular weight excluding hydrogens is 482 g/mol. The highest BCUT2D eigenvalue weighted by atomic mass is 16.6. The van der Waals surface area contributed by atoms with Gasteiger partial charge in [0.15, 0.2) is 0 Å². The molecule has 0 aromatic heterocycles. The van der Waals surface area contributed by atoms with Gasteiger partial charge in [-0.2, -0.15) is 0 Å².